The lowest BCUT2D eigenvalue weighted by molar-refractivity contribution is -0.151. The first-order valence-corrected chi connectivity index (χ1v) is 14.8. The van der Waals surface area contributed by atoms with Gasteiger partial charge in [0.2, 0.25) is 16.8 Å². The first-order chi connectivity index (χ1) is 20.9. The summed E-state index contributed by atoms with van der Waals surface area (Å²) in [6, 6.07) is 2.23. The quantitative estimate of drug-likeness (QED) is 0.0903. The van der Waals surface area contributed by atoms with Gasteiger partial charge in [-0.15, -0.1) is 16.9 Å². The molecule has 1 aromatic carbocycles. The number of carbonyl (C=O) groups is 4. The number of phenols is 1. The summed E-state index contributed by atoms with van der Waals surface area (Å²) >= 11 is 2.42. The topological polar surface area (TPSA) is 282 Å². The van der Waals surface area contributed by atoms with Crippen LogP contribution < -0.4 is 27.6 Å². The van der Waals surface area contributed by atoms with Crippen molar-refractivity contribution in [1.82, 2.24) is 45.9 Å². The number of carboxylic acids is 1. The number of phenolic OH excluding ortho intramolecular Hbond substituents is 1. The number of H-pyrrole nitrogens is 3. The highest BCUT2D eigenvalue weighted by Crippen LogP contribution is 2.41. The second-order valence-electron chi connectivity index (χ2n) is 9.59. The van der Waals surface area contributed by atoms with Gasteiger partial charge in [0, 0.05) is 11.5 Å². The van der Waals surface area contributed by atoms with Crippen LogP contribution in [0.2, 0.25) is 0 Å². The lowest BCUT2D eigenvalue weighted by atomic mass is 10.0. The van der Waals surface area contributed by atoms with Gasteiger partial charge < -0.3 is 26.6 Å². The van der Waals surface area contributed by atoms with Crippen LogP contribution in [0, 0.1) is 0 Å². The number of hydrogen-bond donors (Lipinski definition) is 8. The molecule has 3 amide bonds. The summed E-state index contributed by atoms with van der Waals surface area (Å²) in [4.78, 5) is 82.3. The third-order valence-electron chi connectivity index (χ3n) is 6.53. The second kappa shape index (κ2) is 12.3. The number of amides is 3. The number of aromatic hydroxyl groups is 1. The Labute approximate surface area is 254 Å². The van der Waals surface area contributed by atoms with E-state index in [9.17, 15) is 39.0 Å². The van der Waals surface area contributed by atoms with E-state index in [2.05, 4.69) is 30.9 Å². The zero-order chi connectivity index (χ0) is 31.7. The normalized spacial score (nSPS) is 19.0. The number of β-lactam (4-membered cyclic amide) rings is 1. The van der Waals surface area contributed by atoms with Crippen LogP contribution in [0.5, 0.6) is 5.75 Å². The average molecular weight is 645 g/mol. The van der Waals surface area contributed by atoms with E-state index in [4.69, 9.17) is 5.73 Å². The van der Waals surface area contributed by atoms with E-state index < -0.39 is 58.1 Å². The van der Waals surface area contributed by atoms with Crippen molar-refractivity contribution in [3.8, 4) is 5.75 Å². The molecule has 18 nitrogen and oxygen atoms in total. The van der Waals surface area contributed by atoms with Crippen molar-refractivity contribution >= 4 is 47.2 Å². The summed E-state index contributed by atoms with van der Waals surface area (Å²) in [5.74, 6) is -3.20. The van der Waals surface area contributed by atoms with Crippen LogP contribution >= 0.6 is 23.5 Å². The van der Waals surface area contributed by atoms with E-state index in [-0.39, 0.29) is 34.6 Å². The molecule has 2 aromatic heterocycles. The number of aromatic amines is 3. The predicted octanol–water partition coefficient (Wildman–Crippen LogP) is -1.70. The van der Waals surface area contributed by atoms with Gasteiger partial charge in [-0.2, -0.15) is 5.10 Å². The Hall–Kier alpha value is -4.95. The molecule has 4 atom stereocenters. The van der Waals surface area contributed by atoms with Crippen molar-refractivity contribution in [2.24, 2.45) is 5.73 Å². The summed E-state index contributed by atoms with van der Waals surface area (Å²) in [5, 5.41) is 36.3. The summed E-state index contributed by atoms with van der Waals surface area (Å²) in [6.07, 6.45) is 0. The second-order valence-corrected chi connectivity index (χ2v) is 11.6. The van der Waals surface area contributed by atoms with E-state index in [0.29, 0.717) is 16.6 Å². The molecule has 4 heterocycles. The van der Waals surface area contributed by atoms with Gasteiger partial charge in [-0.05, 0) is 30.2 Å². The standard InChI is InChI=1S/C24H24N10O8S2/c1-8(25)16-28-24(33-31-16)44-7-10-6-43-21-14(20(39)34(21)15(10)22(40)41)27-17(36)12(9-2-4-11(35)5-3-9)26-18(37)13-19(38)29-23(42)32-30-13/h2-5,8,12,14,21,35H,6-7,25H2,1H3,(H,26,37)(H,27,36)(H,40,41)(H,28,31,33)(H2,29,32,38,42)/t8?,12?,14?,21-/m0/s1. The summed E-state index contributed by atoms with van der Waals surface area (Å²) in [7, 11) is 0. The summed E-state index contributed by atoms with van der Waals surface area (Å²) in [6.45, 7) is 1.73. The molecule has 3 unspecified atom stereocenters. The summed E-state index contributed by atoms with van der Waals surface area (Å²) in [5.41, 5.74) is 3.45. The number of aliphatic carboxylic acids is 1. The number of rotatable bonds is 10. The highest BCUT2D eigenvalue weighted by atomic mass is 32.2. The smallest absolute Gasteiger partial charge is 0.352 e. The van der Waals surface area contributed by atoms with E-state index in [0.717, 1.165) is 4.90 Å². The van der Waals surface area contributed by atoms with Gasteiger partial charge in [-0.1, -0.05) is 23.9 Å². The molecule has 0 aliphatic carbocycles. The maximum atomic E-state index is 13.5. The van der Waals surface area contributed by atoms with Crippen molar-refractivity contribution < 1.29 is 29.4 Å². The highest BCUT2D eigenvalue weighted by Gasteiger charge is 2.54. The Bertz CT molecular complexity index is 1780. The molecule has 9 N–H and O–H groups in total. The molecule has 20 heteroatoms. The van der Waals surface area contributed by atoms with Gasteiger partial charge in [0.1, 0.15) is 34.7 Å². The number of nitrogens with two attached hydrogens (primary N) is 1. The minimum atomic E-state index is -1.48. The predicted molar refractivity (Wildman–Crippen MR) is 153 cm³/mol. The molecular formula is C24H24N10O8S2. The number of carbonyl (C=O) groups excluding carboxylic acids is 3. The monoisotopic (exact) mass is 644 g/mol. The van der Waals surface area contributed by atoms with Crippen LogP contribution in [0.1, 0.15) is 40.9 Å². The molecule has 230 valence electrons. The minimum Gasteiger partial charge on any atom is -0.508 e. The van der Waals surface area contributed by atoms with E-state index >= 15 is 0 Å². The van der Waals surface area contributed by atoms with Gasteiger partial charge >= 0.3 is 11.7 Å². The van der Waals surface area contributed by atoms with E-state index in [1.807, 2.05) is 10.1 Å². The number of nitrogens with zero attached hydrogens (tertiary/aromatic N) is 4. The zero-order valence-electron chi connectivity index (χ0n) is 22.6. The number of nitrogens with one attached hydrogen (secondary N) is 5. The third kappa shape index (κ3) is 6.07. The fourth-order valence-corrected chi connectivity index (χ4v) is 6.67. The van der Waals surface area contributed by atoms with Crippen molar-refractivity contribution in [2.75, 3.05) is 11.5 Å². The molecule has 0 saturated carbocycles. The van der Waals surface area contributed by atoms with Gasteiger partial charge in [0.15, 0.2) is 0 Å². The fourth-order valence-electron chi connectivity index (χ4n) is 4.38. The lowest BCUT2D eigenvalue weighted by Gasteiger charge is -2.49. The molecule has 2 aliphatic rings. The molecule has 1 saturated heterocycles. The van der Waals surface area contributed by atoms with Crippen LogP contribution in [0.3, 0.4) is 0 Å². The fraction of sp³-hybridized carbons (Fsp3) is 0.292. The lowest BCUT2D eigenvalue weighted by Crippen LogP contribution is -2.71. The number of thioether (sulfide) groups is 2. The maximum Gasteiger partial charge on any atom is 0.352 e. The van der Waals surface area contributed by atoms with Crippen LogP contribution in [-0.4, -0.2) is 92.1 Å². The van der Waals surface area contributed by atoms with Crippen LogP contribution in [0.25, 0.3) is 0 Å². The third-order valence-corrected chi connectivity index (χ3v) is 8.80. The molecule has 1 fully saturated rings. The molecule has 5 rings (SSSR count). The molecule has 0 radical (unpaired) electrons. The Morgan fingerprint density at radius 3 is 2.55 bits per heavy atom. The number of hydrogen-bond acceptors (Lipinski definition) is 13. The van der Waals surface area contributed by atoms with Crippen molar-refractivity contribution in [3.05, 3.63) is 73.5 Å². The minimum absolute atomic E-state index is 0.124. The first-order valence-electron chi connectivity index (χ1n) is 12.7. The zero-order valence-corrected chi connectivity index (χ0v) is 24.2. The molecule has 0 bridgehead atoms. The Balaban J connectivity index is 1.33. The van der Waals surface area contributed by atoms with E-state index in [1.165, 1.54) is 47.8 Å². The number of aromatic nitrogens is 6. The van der Waals surface area contributed by atoms with Crippen LogP contribution in [0.4, 0.5) is 0 Å². The number of fused-ring (bicyclic) bond motifs is 1. The Morgan fingerprint density at radius 2 is 1.91 bits per heavy atom. The van der Waals surface area contributed by atoms with Gasteiger partial charge in [0.05, 0.1) is 6.04 Å². The first kappa shape index (κ1) is 30.5. The van der Waals surface area contributed by atoms with Crippen LogP contribution in [-0.2, 0) is 14.4 Å². The van der Waals surface area contributed by atoms with Crippen molar-refractivity contribution in [1.29, 1.82) is 0 Å². The van der Waals surface area contributed by atoms with Crippen LogP contribution in [0.15, 0.2) is 50.3 Å². The van der Waals surface area contributed by atoms with E-state index in [1.54, 1.807) is 6.92 Å². The Morgan fingerprint density at radius 1 is 1.18 bits per heavy atom. The average Bonchev–Trinajstić information content (AvgIpc) is 3.47. The van der Waals surface area contributed by atoms with Gasteiger partial charge in [-0.3, -0.25) is 34.2 Å². The molecule has 2 aliphatic heterocycles. The van der Waals surface area contributed by atoms with Gasteiger partial charge in [-0.25, -0.2) is 19.7 Å². The SMILES string of the molecule is CC(N)c1nc(SCC2=C(C(=O)O)N3C(=O)C(NC(=O)C(NC(=O)c4n[nH]c(=O)[nH]c4=O)c4ccc(O)cc4)[C@@H]3SC2)n[nH]1. The molecule has 3 aromatic rings. The Kier molecular flexibility index (Phi) is 8.56. The van der Waals surface area contributed by atoms with Crippen molar-refractivity contribution in [2.45, 2.75) is 35.6 Å². The largest absolute Gasteiger partial charge is 0.508 e. The maximum absolute atomic E-state index is 13.5. The highest BCUT2D eigenvalue weighted by molar-refractivity contribution is 8.01. The summed E-state index contributed by atoms with van der Waals surface area (Å²) < 4.78 is 0. The molecule has 44 heavy (non-hydrogen) atoms. The number of benzene rings is 1. The van der Waals surface area contributed by atoms with Crippen molar-refractivity contribution in [3.63, 3.8) is 0 Å². The molecular weight excluding hydrogens is 620 g/mol. The van der Waals surface area contributed by atoms with Gasteiger partial charge in [0.25, 0.3) is 17.4 Å². The number of carboxylic acid groups (broad SMARTS) is 1. The molecule has 0 spiro atoms.